The number of rotatable bonds is 5. The van der Waals surface area contributed by atoms with Gasteiger partial charge >= 0.3 is 0 Å². The lowest BCUT2D eigenvalue weighted by molar-refractivity contribution is -0.115. The van der Waals surface area contributed by atoms with Crippen LogP contribution in [-0.2, 0) is 11.2 Å². The van der Waals surface area contributed by atoms with Crippen molar-refractivity contribution in [1.82, 2.24) is 19.7 Å². The van der Waals surface area contributed by atoms with Crippen LogP contribution in [0, 0.1) is 13.8 Å². The normalized spacial score (nSPS) is 10.7. The van der Waals surface area contributed by atoms with Crippen molar-refractivity contribution in [2.24, 2.45) is 0 Å². The first kappa shape index (κ1) is 18.6. The highest BCUT2D eigenvalue weighted by atomic mass is 16.1. The van der Waals surface area contributed by atoms with Crippen LogP contribution in [0.2, 0.25) is 0 Å². The number of anilines is 1. The second-order valence-corrected chi connectivity index (χ2v) is 6.89. The molecular weight excluding hydrogens is 362 g/mol. The number of hydrogen-bond acceptors (Lipinski definition) is 4. The van der Waals surface area contributed by atoms with Crippen molar-refractivity contribution in [3.05, 3.63) is 90.0 Å². The van der Waals surface area contributed by atoms with Gasteiger partial charge in [-0.15, -0.1) is 0 Å². The molecule has 1 N–H and O–H groups in total. The summed E-state index contributed by atoms with van der Waals surface area (Å²) in [6, 6.07) is 21.9. The van der Waals surface area contributed by atoms with Crippen LogP contribution >= 0.6 is 0 Å². The molecule has 2 heterocycles. The van der Waals surface area contributed by atoms with Gasteiger partial charge in [-0.1, -0.05) is 54.6 Å². The number of aromatic nitrogens is 4. The lowest BCUT2D eigenvalue weighted by Crippen LogP contribution is -2.16. The fourth-order valence-corrected chi connectivity index (χ4v) is 3.21. The minimum Gasteiger partial charge on any atom is -0.310 e. The molecule has 2 aromatic heterocycles. The first-order valence-electron chi connectivity index (χ1n) is 9.38. The molecule has 6 nitrogen and oxygen atoms in total. The summed E-state index contributed by atoms with van der Waals surface area (Å²) in [5.74, 6) is 0.942. The summed E-state index contributed by atoms with van der Waals surface area (Å²) in [4.78, 5) is 20.9. The molecule has 0 aliphatic heterocycles. The van der Waals surface area contributed by atoms with Crippen molar-refractivity contribution in [3.63, 3.8) is 0 Å². The molecule has 1 amide bonds. The van der Waals surface area contributed by atoms with Gasteiger partial charge in [-0.3, -0.25) is 4.79 Å². The van der Waals surface area contributed by atoms with Gasteiger partial charge in [0.05, 0.1) is 12.1 Å². The summed E-state index contributed by atoms with van der Waals surface area (Å²) < 4.78 is 1.73. The summed E-state index contributed by atoms with van der Waals surface area (Å²) in [6.45, 7) is 3.88. The second kappa shape index (κ2) is 8.06. The highest BCUT2D eigenvalue weighted by molar-refractivity contribution is 5.91. The zero-order chi connectivity index (χ0) is 20.2. The Balaban J connectivity index is 1.44. The summed E-state index contributed by atoms with van der Waals surface area (Å²) in [7, 11) is 0. The Hall–Kier alpha value is -3.80. The summed E-state index contributed by atoms with van der Waals surface area (Å²) in [5, 5.41) is 7.26. The van der Waals surface area contributed by atoms with E-state index in [1.807, 2.05) is 62.4 Å². The number of carbonyl (C=O) groups is 1. The van der Waals surface area contributed by atoms with E-state index in [1.54, 1.807) is 10.7 Å². The van der Waals surface area contributed by atoms with Gasteiger partial charge in [0.25, 0.3) is 0 Å². The lowest BCUT2D eigenvalue weighted by Gasteiger charge is -2.08. The van der Waals surface area contributed by atoms with Gasteiger partial charge in [0, 0.05) is 11.8 Å². The van der Waals surface area contributed by atoms with Crippen molar-refractivity contribution in [1.29, 1.82) is 0 Å². The van der Waals surface area contributed by atoms with E-state index in [0.29, 0.717) is 11.6 Å². The molecule has 2 aromatic carbocycles. The average molecular weight is 383 g/mol. The molecule has 29 heavy (non-hydrogen) atoms. The van der Waals surface area contributed by atoms with Crippen molar-refractivity contribution < 1.29 is 4.79 Å². The first-order valence-corrected chi connectivity index (χ1v) is 9.38. The Morgan fingerprint density at radius 1 is 0.931 bits per heavy atom. The van der Waals surface area contributed by atoms with Crippen molar-refractivity contribution in [2.75, 3.05) is 5.32 Å². The third-order valence-corrected chi connectivity index (χ3v) is 4.57. The summed E-state index contributed by atoms with van der Waals surface area (Å²) in [5.41, 5.74) is 5.10. The summed E-state index contributed by atoms with van der Waals surface area (Å²) >= 11 is 0. The Morgan fingerprint density at radius 3 is 2.34 bits per heavy atom. The number of aryl methyl sites for hydroxylation is 2. The van der Waals surface area contributed by atoms with Crippen LogP contribution in [0.15, 0.2) is 73.1 Å². The van der Waals surface area contributed by atoms with Crippen molar-refractivity contribution in [3.8, 4) is 16.9 Å². The third kappa shape index (κ3) is 4.38. The van der Waals surface area contributed by atoms with E-state index < -0.39 is 0 Å². The minimum absolute atomic E-state index is 0.129. The Kier molecular flexibility index (Phi) is 5.16. The Morgan fingerprint density at radius 2 is 1.66 bits per heavy atom. The largest absolute Gasteiger partial charge is 0.310 e. The van der Waals surface area contributed by atoms with E-state index in [1.165, 1.54) is 6.33 Å². The fraction of sp³-hybridized carbons (Fsp3) is 0.130. The number of nitrogens with one attached hydrogen (secondary N) is 1. The number of benzene rings is 2. The second-order valence-electron chi connectivity index (χ2n) is 6.89. The van der Waals surface area contributed by atoms with Gasteiger partial charge < -0.3 is 5.32 Å². The van der Waals surface area contributed by atoms with Crippen LogP contribution in [0.5, 0.6) is 0 Å². The predicted molar refractivity (Wildman–Crippen MR) is 113 cm³/mol. The minimum atomic E-state index is -0.129. The third-order valence-electron chi connectivity index (χ3n) is 4.57. The van der Waals surface area contributed by atoms with Gasteiger partial charge in [0.2, 0.25) is 5.91 Å². The maximum Gasteiger partial charge on any atom is 0.229 e. The van der Waals surface area contributed by atoms with Gasteiger partial charge in [0.15, 0.2) is 5.82 Å². The molecule has 4 aromatic rings. The zero-order valence-electron chi connectivity index (χ0n) is 16.3. The summed E-state index contributed by atoms with van der Waals surface area (Å²) in [6.07, 6.45) is 1.70. The molecule has 4 rings (SSSR count). The molecule has 0 aliphatic carbocycles. The molecule has 0 fully saturated rings. The van der Waals surface area contributed by atoms with Crippen molar-refractivity contribution >= 4 is 11.7 Å². The molecular formula is C23H21N5O. The lowest BCUT2D eigenvalue weighted by atomic mass is 10.0. The van der Waals surface area contributed by atoms with Crippen LogP contribution in [0.3, 0.4) is 0 Å². The highest BCUT2D eigenvalue weighted by Gasteiger charge is 2.09. The van der Waals surface area contributed by atoms with E-state index in [2.05, 4.69) is 32.5 Å². The molecule has 0 unspecified atom stereocenters. The molecule has 0 saturated carbocycles. The van der Waals surface area contributed by atoms with E-state index in [0.717, 1.165) is 28.1 Å². The van der Waals surface area contributed by atoms with E-state index in [-0.39, 0.29) is 12.3 Å². The van der Waals surface area contributed by atoms with E-state index >= 15 is 0 Å². The molecule has 0 aliphatic rings. The molecule has 0 spiro atoms. The topological polar surface area (TPSA) is 72.7 Å². The maximum atomic E-state index is 12.5. The van der Waals surface area contributed by atoms with Gasteiger partial charge in [0.1, 0.15) is 12.1 Å². The van der Waals surface area contributed by atoms with Gasteiger partial charge in [-0.2, -0.15) is 5.10 Å². The quantitative estimate of drug-likeness (QED) is 0.562. The van der Waals surface area contributed by atoms with Gasteiger partial charge in [-0.05, 0) is 36.6 Å². The van der Waals surface area contributed by atoms with Crippen LogP contribution in [0.1, 0.15) is 17.0 Å². The van der Waals surface area contributed by atoms with Crippen LogP contribution in [-0.4, -0.2) is 25.7 Å². The highest BCUT2D eigenvalue weighted by Crippen LogP contribution is 2.19. The monoisotopic (exact) mass is 383 g/mol. The van der Waals surface area contributed by atoms with E-state index in [9.17, 15) is 4.79 Å². The first-order chi connectivity index (χ1) is 14.1. The fourth-order valence-electron chi connectivity index (χ4n) is 3.21. The number of nitrogens with zero attached hydrogens (tertiary/aromatic N) is 4. The molecule has 0 bridgehead atoms. The molecule has 0 saturated heterocycles. The Labute approximate surface area is 169 Å². The number of hydrogen-bond donors (Lipinski definition) is 1. The van der Waals surface area contributed by atoms with Crippen LogP contribution in [0.4, 0.5) is 5.82 Å². The Bertz CT molecular complexity index is 1130. The SMILES string of the molecule is Cc1cc(C)n(-c2cc(NC(=O)Cc3ccc(-c4ccccc4)cc3)ncn2)n1. The molecule has 144 valence electrons. The van der Waals surface area contributed by atoms with Crippen LogP contribution < -0.4 is 5.32 Å². The van der Waals surface area contributed by atoms with E-state index in [4.69, 9.17) is 0 Å². The molecule has 0 radical (unpaired) electrons. The van der Waals surface area contributed by atoms with Crippen molar-refractivity contribution in [2.45, 2.75) is 20.3 Å². The predicted octanol–water partition coefficient (Wildman–Crippen LogP) is 4.13. The van der Waals surface area contributed by atoms with Crippen LogP contribution in [0.25, 0.3) is 16.9 Å². The standard InChI is InChI=1S/C23H21N5O/c1-16-12-17(2)28(27-16)22-14-21(24-15-25-22)26-23(29)13-18-8-10-20(11-9-18)19-6-4-3-5-7-19/h3-12,14-15H,13H2,1-2H3,(H,24,25,26,29). The average Bonchev–Trinajstić information content (AvgIpc) is 3.07. The van der Waals surface area contributed by atoms with Gasteiger partial charge in [-0.25, -0.2) is 14.6 Å². The number of amides is 1. The molecule has 6 heteroatoms. The number of carbonyl (C=O) groups excluding carboxylic acids is 1. The smallest absolute Gasteiger partial charge is 0.229 e. The zero-order valence-corrected chi connectivity index (χ0v) is 16.3. The maximum absolute atomic E-state index is 12.5. The molecule has 0 atom stereocenters.